The van der Waals surface area contributed by atoms with Gasteiger partial charge in [0.25, 0.3) is 0 Å². The Balaban J connectivity index is 2.15. The van der Waals surface area contributed by atoms with Gasteiger partial charge < -0.3 is 9.64 Å². The largest absolute Gasteiger partial charge is 0.496 e. The van der Waals surface area contributed by atoms with E-state index < -0.39 is 10.0 Å². The molecule has 0 saturated carbocycles. The van der Waals surface area contributed by atoms with Crippen LogP contribution in [0.15, 0.2) is 17.0 Å². The second-order valence-corrected chi connectivity index (χ2v) is 7.59. The Morgan fingerprint density at radius 2 is 2.05 bits per heavy atom. The average molecular weight is 312 g/mol. The van der Waals surface area contributed by atoms with E-state index in [-0.39, 0.29) is 0 Å². The van der Waals surface area contributed by atoms with Crippen LogP contribution in [0.4, 0.5) is 0 Å². The molecule has 0 bridgehead atoms. The molecule has 1 heterocycles. The van der Waals surface area contributed by atoms with Gasteiger partial charge in [-0.05, 0) is 50.9 Å². The van der Waals surface area contributed by atoms with Gasteiger partial charge in [0, 0.05) is 19.2 Å². The van der Waals surface area contributed by atoms with Crippen LogP contribution in [0.2, 0.25) is 0 Å². The van der Waals surface area contributed by atoms with Crippen LogP contribution >= 0.6 is 0 Å². The summed E-state index contributed by atoms with van der Waals surface area (Å²) in [6.45, 7) is 6.18. The van der Waals surface area contributed by atoms with E-state index in [1.807, 2.05) is 19.9 Å². The summed E-state index contributed by atoms with van der Waals surface area (Å²) >= 11 is 0. The average Bonchev–Trinajstić information content (AvgIpc) is 2.82. The minimum Gasteiger partial charge on any atom is -0.496 e. The Kier molecular flexibility index (Phi) is 4.91. The van der Waals surface area contributed by atoms with Gasteiger partial charge in [0.05, 0.1) is 12.0 Å². The highest BCUT2D eigenvalue weighted by Crippen LogP contribution is 2.26. The molecule has 2 rings (SSSR count). The lowest BCUT2D eigenvalue weighted by atomic mass is 10.1. The van der Waals surface area contributed by atoms with Crippen LogP contribution in [0.3, 0.4) is 0 Å². The van der Waals surface area contributed by atoms with E-state index in [1.165, 1.54) is 0 Å². The molecular weight excluding hydrogens is 288 g/mol. The van der Waals surface area contributed by atoms with Crippen LogP contribution in [0.5, 0.6) is 5.75 Å². The monoisotopic (exact) mass is 312 g/mol. The quantitative estimate of drug-likeness (QED) is 0.896. The molecule has 1 aromatic carbocycles. The van der Waals surface area contributed by atoms with Gasteiger partial charge in [-0.2, -0.15) is 0 Å². The van der Waals surface area contributed by atoms with Crippen molar-refractivity contribution in [2.45, 2.75) is 25.2 Å². The summed E-state index contributed by atoms with van der Waals surface area (Å²) < 4.78 is 32.9. The number of nitrogens with one attached hydrogen (secondary N) is 1. The first kappa shape index (κ1) is 16.3. The van der Waals surface area contributed by atoms with Gasteiger partial charge in [0.15, 0.2) is 0 Å². The summed E-state index contributed by atoms with van der Waals surface area (Å²) in [5.74, 6) is 0.985. The van der Waals surface area contributed by atoms with E-state index >= 15 is 0 Å². The maximum atomic E-state index is 12.5. The third-order valence-corrected chi connectivity index (χ3v) is 5.60. The number of nitrogens with zero attached hydrogens (tertiary/aromatic N) is 1. The lowest BCUT2D eigenvalue weighted by Gasteiger charge is -2.15. The van der Waals surface area contributed by atoms with E-state index in [0.717, 1.165) is 30.6 Å². The number of hydrogen-bond acceptors (Lipinski definition) is 4. The lowest BCUT2D eigenvalue weighted by molar-refractivity contribution is 0.394. The van der Waals surface area contributed by atoms with E-state index in [1.54, 1.807) is 13.2 Å². The molecule has 0 radical (unpaired) electrons. The van der Waals surface area contributed by atoms with E-state index in [4.69, 9.17) is 4.74 Å². The van der Waals surface area contributed by atoms with Crippen molar-refractivity contribution in [2.24, 2.45) is 5.92 Å². The van der Waals surface area contributed by atoms with Gasteiger partial charge in [-0.1, -0.05) is 6.07 Å². The first-order valence-corrected chi connectivity index (χ1v) is 8.65. The van der Waals surface area contributed by atoms with Crippen molar-refractivity contribution in [1.82, 2.24) is 9.62 Å². The Hall–Kier alpha value is -1.11. The first-order chi connectivity index (χ1) is 9.83. The number of sulfonamides is 1. The first-order valence-electron chi connectivity index (χ1n) is 7.17. The molecule has 0 spiro atoms. The molecule has 1 atom stereocenters. The molecule has 0 aromatic heterocycles. The van der Waals surface area contributed by atoms with Gasteiger partial charge in [0.1, 0.15) is 5.75 Å². The second-order valence-electron chi connectivity index (χ2n) is 5.86. The predicted molar refractivity (Wildman–Crippen MR) is 83.3 cm³/mol. The van der Waals surface area contributed by atoms with Crippen molar-refractivity contribution in [1.29, 1.82) is 0 Å². The Morgan fingerprint density at radius 1 is 1.33 bits per heavy atom. The minimum atomic E-state index is -3.49. The second kappa shape index (κ2) is 6.34. The molecule has 1 aliphatic heterocycles. The zero-order valence-corrected chi connectivity index (χ0v) is 14.0. The topological polar surface area (TPSA) is 58.6 Å². The van der Waals surface area contributed by atoms with Crippen molar-refractivity contribution in [3.8, 4) is 5.75 Å². The van der Waals surface area contributed by atoms with Crippen LogP contribution in [-0.4, -0.2) is 47.1 Å². The summed E-state index contributed by atoms with van der Waals surface area (Å²) in [6, 6.07) is 3.45. The van der Waals surface area contributed by atoms with Crippen LogP contribution < -0.4 is 9.46 Å². The fourth-order valence-electron chi connectivity index (χ4n) is 2.82. The third-order valence-electron chi connectivity index (χ3n) is 4.03. The summed E-state index contributed by atoms with van der Waals surface area (Å²) in [5, 5.41) is 0. The fraction of sp³-hybridized carbons (Fsp3) is 0.600. The number of hydrogen-bond donors (Lipinski definition) is 1. The third kappa shape index (κ3) is 3.75. The van der Waals surface area contributed by atoms with Crippen molar-refractivity contribution in [3.05, 3.63) is 23.3 Å². The molecule has 5 nitrogen and oxygen atoms in total. The Labute approximate surface area is 127 Å². The van der Waals surface area contributed by atoms with Gasteiger partial charge in [-0.15, -0.1) is 0 Å². The van der Waals surface area contributed by atoms with Crippen LogP contribution in [0.25, 0.3) is 0 Å². The van der Waals surface area contributed by atoms with Crippen molar-refractivity contribution >= 4 is 10.0 Å². The smallest absolute Gasteiger partial charge is 0.240 e. The lowest BCUT2D eigenvalue weighted by Crippen LogP contribution is -2.31. The predicted octanol–water partition coefficient (Wildman–Crippen LogP) is 1.54. The van der Waals surface area contributed by atoms with Crippen molar-refractivity contribution < 1.29 is 13.2 Å². The molecule has 0 amide bonds. The number of rotatable bonds is 5. The molecule has 1 saturated heterocycles. The number of likely N-dealkylation sites (tertiary alicyclic amines) is 1. The molecule has 1 aliphatic rings. The number of methoxy groups -OCH3 is 1. The zero-order chi connectivity index (χ0) is 15.6. The summed E-state index contributed by atoms with van der Waals surface area (Å²) in [5.41, 5.74) is 1.68. The SMILES string of the molecule is COc1cc(S(=O)(=O)NCC2CCN(C)C2)c(C)cc1C. The molecule has 21 heavy (non-hydrogen) atoms. The molecule has 118 valence electrons. The Bertz CT molecular complexity index is 614. The highest BCUT2D eigenvalue weighted by molar-refractivity contribution is 7.89. The maximum absolute atomic E-state index is 12.5. The molecule has 6 heteroatoms. The molecule has 1 N–H and O–H groups in total. The van der Waals surface area contributed by atoms with Crippen LogP contribution in [0.1, 0.15) is 17.5 Å². The van der Waals surface area contributed by atoms with E-state index in [0.29, 0.717) is 23.1 Å². The van der Waals surface area contributed by atoms with Crippen molar-refractivity contribution in [3.63, 3.8) is 0 Å². The fourth-order valence-corrected chi connectivity index (χ4v) is 4.18. The normalized spacial score (nSPS) is 19.9. The summed E-state index contributed by atoms with van der Waals surface area (Å²) in [4.78, 5) is 2.52. The van der Waals surface area contributed by atoms with Gasteiger partial charge in [-0.25, -0.2) is 13.1 Å². The molecule has 1 unspecified atom stereocenters. The summed E-state index contributed by atoms with van der Waals surface area (Å²) in [7, 11) is 0.117. The highest BCUT2D eigenvalue weighted by atomic mass is 32.2. The zero-order valence-electron chi connectivity index (χ0n) is 13.1. The van der Waals surface area contributed by atoms with Crippen molar-refractivity contribution in [2.75, 3.05) is 33.8 Å². The van der Waals surface area contributed by atoms with Gasteiger partial charge >= 0.3 is 0 Å². The molecule has 1 aromatic rings. The van der Waals surface area contributed by atoms with E-state index in [9.17, 15) is 8.42 Å². The minimum absolute atomic E-state index is 0.302. The number of ether oxygens (including phenoxy) is 1. The van der Waals surface area contributed by atoms with Gasteiger partial charge in [-0.3, -0.25) is 0 Å². The highest BCUT2D eigenvalue weighted by Gasteiger charge is 2.24. The molecule has 0 aliphatic carbocycles. The van der Waals surface area contributed by atoms with Gasteiger partial charge in [0.2, 0.25) is 10.0 Å². The summed E-state index contributed by atoms with van der Waals surface area (Å²) in [6.07, 6.45) is 1.04. The van der Waals surface area contributed by atoms with Crippen LogP contribution in [0, 0.1) is 19.8 Å². The molecular formula is C15H24N2O3S. The maximum Gasteiger partial charge on any atom is 0.240 e. The van der Waals surface area contributed by atoms with E-state index in [2.05, 4.69) is 16.7 Å². The molecule has 1 fully saturated rings. The Morgan fingerprint density at radius 3 is 2.62 bits per heavy atom. The standard InChI is InChI=1S/C15H24N2O3S/c1-11-7-12(2)15(8-14(11)20-4)21(18,19)16-9-13-5-6-17(3)10-13/h7-8,13,16H,5-6,9-10H2,1-4H3. The number of aryl methyl sites for hydroxylation is 2. The number of benzene rings is 1. The van der Waals surface area contributed by atoms with Crippen LogP contribution in [-0.2, 0) is 10.0 Å².